The molecule has 0 aromatic heterocycles. The van der Waals surface area contributed by atoms with Crippen molar-refractivity contribution < 1.29 is 19.4 Å². The number of carbonyl (C=O) groups is 2. The Morgan fingerprint density at radius 2 is 2.17 bits per heavy atom. The van der Waals surface area contributed by atoms with Crippen molar-refractivity contribution in [1.82, 2.24) is 10.6 Å². The van der Waals surface area contributed by atoms with Gasteiger partial charge in [-0.05, 0) is 33.1 Å². The monoisotopic (exact) mass is 258 g/mol. The van der Waals surface area contributed by atoms with Gasteiger partial charge in [0.05, 0.1) is 12.0 Å². The lowest BCUT2D eigenvalue weighted by Crippen LogP contribution is -2.45. The molecule has 0 radical (unpaired) electrons. The van der Waals surface area contributed by atoms with Gasteiger partial charge >= 0.3 is 12.0 Å². The maximum atomic E-state index is 11.5. The fourth-order valence-corrected chi connectivity index (χ4v) is 1.82. The zero-order chi connectivity index (χ0) is 13.5. The molecule has 104 valence electrons. The molecule has 0 saturated carbocycles. The van der Waals surface area contributed by atoms with E-state index in [1.807, 2.05) is 0 Å². The van der Waals surface area contributed by atoms with Gasteiger partial charge in [0.2, 0.25) is 0 Å². The molecular formula is C12H22N2O4. The second-order valence-electron chi connectivity index (χ2n) is 4.74. The van der Waals surface area contributed by atoms with Gasteiger partial charge in [0.25, 0.3) is 0 Å². The van der Waals surface area contributed by atoms with Crippen molar-refractivity contribution >= 4 is 12.0 Å². The topological polar surface area (TPSA) is 87.7 Å². The van der Waals surface area contributed by atoms with Crippen LogP contribution in [-0.4, -0.2) is 42.4 Å². The summed E-state index contributed by atoms with van der Waals surface area (Å²) < 4.78 is 5.44. The third-order valence-electron chi connectivity index (χ3n) is 3.27. The molecule has 0 aromatic carbocycles. The first-order valence-electron chi connectivity index (χ1n) is 6.39. The minimum Gasteiger partial charge on any atom is -0.481 e. The van der Waals surface area contributed by atoms with Gasteiger partial charge < -0.3 is 20.5 Å². The summed E-state index contributed by atoms with van der Waals surface area (Å²) in [4.78, 5) is 22.2. The van der Waals surface area contributed by atoms with E-state index >= 15 is 0 Å². The number of urea groups is 1. The average Bonchev–Trinajstić information content (AvgIpc) is 2.80. The van der Waals surface area contributed by atoms with Crippen molar-refractivity contribution in [3.63, 3.8) is 0 Å². The second kappa shape index (κ2) is 7.20. The molecule has 0 spiro atoms. The van der Waals surface area contributed by atoms with Crippen molar-refractivity contribution in [3.8, 4) is 0 Å². The number of aliphatic carboxylic acids is 1. The molecule has 6 heteroatoms. The number of nitrogens with one attached hydrogen (secondary N) is 2. The average molecular weight is 258 g/mol. The standard InChI is InChI=1S/C12H22N2O4/c1-8(11(15)16)9(2)14-12(17)13-6-5-10-4-3-7-18-10/h8-10H,3-7H2,1-2H3,(H,15,16)(H2,13,14,17). The highest BCUT2D eigenvalue weighted by Gasteiger charge is 2.21. The molecule has 2 amide bonds. The molecule has 3 N–H and O–H groups in total. The Hall–Kier alpha value is -1.30. The lowest BCUT2D eigenvalue weighted by Gasteiger charge is -2.18. The van der Waals surface area contributed by atoms with Gasteiger partial charge in [-0.25, -0.2) is 4.79 Å². The SMILES string of the molecule is CC(NC(=O)NCCC1CCCO1)C(C)C(=O)O. The van der Waals surface area contributed by atoms with Crippen LogP contribution < -0.4 is 10.6 Å². The van der Waals surface area contributed by atoms with Crippen LogP contribution in [0.15, 0.2) is 0 Å². The first kappa shape index (κ1) is 14.8. The maximum absolute atomic E-state index is 11.5. The number of carbonyl (C=O) groups excluding carboxylic acids is 1. The summed E-state index contributed by atoms with van der Waals surface area (Å²) in [5.74, 6) is -1.52. The molecule has 1 heterocycles. The zero-order valence-electron chi connectivity index (χ0n) is 10.9. The van der Waals surface area contributed by atoms with Gasteiger partial charge in [-0.3, -0.25) is 4.79 Å². The van der Waals surface area contributed by atoms with Gasteiger partial charge in [0.15, 0.2) is 0 Å². The minimum absolute atomic E-state index is 0.251. The zero-order valence-corrected chi connectivity index (χ0v) is 10.9. The smallest absolute Gasteiger partial charge is 0.315 e. The van der Waals surface area contributed by atoms with E-state index < -0.39 is 17.9 Å². The highest BCUT2D eigenvalue weighted by Crippen LogP contribution is 2.14. The van der Waals surface area contributed by atoms with E-state index in [0.29, 0.717) is 6.54 Å². The van der Waals surface area contributed by atoms with Crippen LogP contribution >= 0.6 is 0 Å². The Bertz CT molecular complexity index is 290. The summed E-state index contributed by atoms with van der Waals surface area (Å²) in [7, 11) is 0. The fourth-order valence-electron chi connectivity index (χ4n) is 1.82. The van der Waals surface area contributed by atoms with Gasteiger partial charge in [0, 0.05) is 19.2 Å². The number of rotatable bonds is 6. The van der Waals surface area contributed by atoms with E-state index in [1.54, 1.807) is 13.8 Å². The molecule has 0 aromatic rings. The van der Waals surface area contributed by atoms with Crippen LogP contribution in [0.3, 0.4) is 0 Å². The third-order valence-corrected chi connectivity index (χ3v) is 3.27. The normalized spacial score (nSPS) is 22.2. The van der Waals surface area contributed by atoms with E-state index in [9.17, 15) is 9.59 Å². The number of ether oxygens (including phenoxy) is 1. The summed E-state index contributed by atoms with van der Waals surface area (Å²) in [5, 5.41) is 14.1. The molecule has 1 fully saturated rings. The second-order valence-corrected chi connectivity index (χ2v) is 4.74. The van der Waals surface area contributed by atoms with Crippen molar-refractivity contribution in [1.29, 1.82) is 0 Å². The van der Waals surface area contributed by atoms with Gasteiger partial charge in [0.1, 0.15) is 0 Å². The number of carboxylic acid groups (broad SMARTS) is 1. The van der Waals surface area contributed by atoms with Crippen LogP contribution in [0.2, 0.25) is 0 Å². The molecule has 0 aliphatic carbocycles. The summed E-state index contributed by atoms with van der Waals surface area (Å²) in [6, 6.07) is -0.723. The minimum atomic E-state index is -0.915. The molecule has 3 unspecified atom stereocenters. The molecule has 18 heavy (non-hydrogen) atoms. The Morgan fingerprint density at radius 1 is 1.44 bits per heavy atom. The third kappa shape index (κ3) is 4.91. The summed E-state index contributed by atoms with van der Waals surface area (Å²) in [6.07, 6.45) is 3.19. The van der Waals surface area contributed by atoms with E-state index in [2.05, 4.69) is 10.6 Å². The fraction of sp³-hybridized carbons (Fsp3) is 0.833. The first-order chi connectivity index (χ1) is 8.50. The lowest BCUT2D eigenvalue weighted by molar-refractivity contribution is -0.141. The molecule has 1 aliphatic rings. The van der Waals surface area contributed by atoms with Crippen LogP contribution in [0, 0.1) is 5.92 Å². The van der Waals surface area contributed by atoms with Gasteiger partial charge in [-0.1, -0.05) is 0 Å². The van der Waals surface area contributed by atoms with Gasteiger partial charge in [-0.15, -0.1) is 0 Å². The molecule has 1 rings (SSSR count). The largest absolute Gasteiger partial charge is 0.481 e. The number of carboxylic acids is 1. The van der Waals surface area contributed by atoms with Crippen molar-refractivity contribution in [2.75, 3.05) is 13.2 Å². The Balaban J connectivity index is 2.14. The summed E-state index contributed by atoms with van der Waals surface area (Å²) >= 11 is 0. The highest BCUT2D eigenvalue weighted by molar-refractivity contribution is 5.76. The van der Waals surface area contributed by atoms with Gasteiger partial charge in [-0.2, -0.15) is 0 Å². The highest BCUT2D eigenvalue weighted by atomic mass is 16.5. The van der Waals surface area contributed by atoms with Crippen molar-refractivity contribution in [2.45, 2.75) is 45.3 Å². The van der Waals surface area contributed by atoms with Crippen LogP contribution in [-0.2, 0) is 9.53 Å². The van der Waals surface area contributed by atoms with E-state index in [1.165, 1.54) is 0 Å². The van der Waals surface area contributed by atoms with E-state index in [-0.39, 0.29) is 12.1 Å². The quantitative estimate of drug-likeness (QED) is 0.662. The van der Waals surface area contributed by atoms with E-state index in [4.69, 9.17) is 9.84 Å². The number of amides is 2. The van der Waals surface area contributed by atoms with Crippen molar-refractivity contribution in [3.05, 3.63) is 0 Å². The summed E-state index contributed by atoms with van der Waals surface area (Å²) in [5.41, 5.74) is 0. The van der Waals surface area contributed by atoms with E-state index in [0.717, 1.165) is 25.9 Å². The molecular weight excluding hydrogens is 236 g/mol. The van der Waals surface area contributed by atoms with Crippen LogP contribution in [0.1, 0.15) is 33.1 Å². The molecule has 1 saturated heterocycles. The Kier molecular flexibility index (Phi) is 5.91. The Morgan fingerprint density at radius 3 is 2.72 bits per heavy atom. The number of hydrogen-bond acceptors (Lipinski definition) is 3. The van der Waals surface area contributed by atoms with Crippen LogP contribution in [0.5, 0.6) is 0 Å². The molecule has 1 aliphatic heterocycles. The molecule has 3 atom stereocenters. The number of hydrogen-bond donors (Lipinski definition) is 3. The van der Waals surface area contributed by atoms with Crippen LogP contribution in [0.25, 0.3) is 0 Å². The summed E-state index contributed by atoms with van der Waals surface area (Å²) in [6.45, 7) is 4.60. The Labute approximate surface area is 107 Å². The van der Waals surface area contributed by atoms with Crippen LogP contribution in [0.4, 0.5) is 4.79 Å². The molecule has 0 bridgehead atoms. The predicted molar refractivity (Wildman–Crippen MR) is 66.4 cm³/mol. The van der Waals surface area contributed by atoms with Crippen molar-refractivity contribution in [2.24, 2.45) is 5.92 Å². The first-order valence-corrected chi connectivity index (χ1v) is 6.39. The lowest BCUT2D eigenvalue weighted by atomic mass is 10.0. The predicted octanol–water partition coefficient (Wildman–Crippen LogP) is 0.964. The molecule has 6 nitrogen and oxygen atoms in total. The maximum Gasteiger partial charge on any atom is 0.315 e.